The van der Waals surface area contributed by atoms with Crippen LogP contribution in [0.2, 0.25) is 0 Å². The summed E-state index contributed by atoms with van der Waals surface area (Å²) in [7, 11) is -2.90. The minimum absolute atomic E-state index is 0.132. The summed E-state index contributed by atoms with van der Waals surface area (Å²) in [4.78, 5) is 12.5. The zero-order valence-electron chi connectivity index (χ0n) is 9.00. The molecule has 1 saturated heterocycles. The van der Waals surface area contributed by atoms with Crippen molar-refractivity contribution in [3.63, 3.8) is 0 Å². The van der Waals surface area contributed by atoms with Crippen LogP contribution in [-0.4, -0.2) is 54.1 Å². The lowest BCUT2D eigenvalue weighted by atomic mass is 10.3. The van der Waals surface area contributed by atoms with E-state index in [4.69, 9.17) is 9.63 Å². The fraction of sp³-hybridized carbons (Fsp3) is 0.556. The highest BCUT2D eigenvalue weighted by molar-refractivity contribution is 7.91. The zero-order chi connectivity index (χ0) is 12.5. The molecule has 7 nitrogen and oxygen atoms in total. The maximum atomic E-state index is 11.2. The molecule has 0 unspecified atom stereocenters. The summed E-state index contributed by atoms with van der Waals surface area (Å²) in [5.74, 6) is -0.442. The van der Waals surface area contributed by atoms with Gasteiger partial charge in [0.05, 0.1) is 18.1 Å². The zero-order valence-corrected chi connectivity index (χ0v) is 9.81. The predicted molar refractivity (Wildman–Crippen MR) is 57.4 cm³/mol. The lowest BCUT2D eigenvalue weighted by Crippen LogP contribution is -2.39. The van der Waals surface area contributed by atoms with Crippen LogP contribution >= 0.6 is 0 Å². The fourth-order valence-corrected chi connectivity index (χ4v) is 2.89. The van der Waals surface area contributed by atoms with E-state index >= 15 is 0 Å². The molecule has 1 fully saturated rings. The number of hydrogen-bond donors (Lipinski definition) is 1. The molecule has 0 spiro atoms. The minimum Gasteiger partial charge on any atom is -0.476 e. The van der Waals surface area contributed by atoms with Crippen molar-refractivity contribution >= 4 is 15.8 Å². The predicted octanol–water partition coefficient (Wildman–Crippen LogP) is -0.397. The van der Waals surface area contributed by atoms with Crippen molar-refractivity contribution in [2.24, 2.45) is 0 Å². The third kappa shape index (κ3) is 3.04. The van der Waals surface area contributed by atoms with E-state index in [2.05, 4.69) is 5.16 Å². The van der Waals surface area contributed by atoms with Crippen molar-refractivity contribution in [3.8, 4) is 0 Å². The summed E-state index contributed by atoms with van der Waals surface area (Å²) in [5.41, 5.74) is -0.135. The van der Waals surface area contributed by atoms with Gasteiger partial charge in [0.2, 0.25) is 0 Å². The van der Waals surface area contributed by atoms with Gasteiger partial charge < -0.3 is 9.63 Å². The van der Waals surface area contributed by atoms with Crippen molar-refractivity contribution in [1.29, 1.82) is 0 Å². The number of carboxylic acids is 1. The molecule has 94 valence electrons. The lowest BCUT2D eigenvalue weighted by Gasteiger charge is -2.24. The molecule has 0 aliphatic carbocycles. The van der Waals surface area contributed by atoms with Gasteiger partial charge in [0, 0.05) is 19.2 Å². The maximum Gasteiger partial charge on any atom is 0.358 e. The molecule has 0 atom stereocenters. The van der Waals surface area contributed by atoms with Gasteiger partial charge in [0.15, 0.2) is 21.3 Å². The normalized spacial score (nSPS) is 20.2. The molecule has 1 aliphatic heterocycles. The highest BCUT2D eigenvalue weighted by atomic mass is 32.2. The van der Waals surface area contributed by atoms with Crippen LogP contribution in [0, 0.1) is 0 Å². The third-order valence-electron chi connectivity index (χ3n) is 2.59. The Kier molecular flexibility index (Phi) is 3.16. The Balaban J connectivity index is 1.95. The van der Waals surface area contributed by atoms with Crippen LogP contribution < -0.4 is 0 Å². The second-order valence-corrected chi connectivity index (χ2v) is 6.22. The van der Waals surface area contributed by atoms with E-state index in [1.165, 1.54) is 6.07 Å². The van der Waals surface area contributed by atoms with E-state index < -0.39 is 15.8 Å². The van der Waals surface area contributed by atoms with Gasteiger partial charge in [-0.1, -0.05) is 5.16 Å². The Hall–Kier alpha value is -1.41. The molecule has 2 heterocycles. The van der Waals surface area contributed by atoms with E-state index in [-0.39, 0.29) is 17.2 Å². The summed E-state index contributed by atoms with van der Waals surface area (Å²) in [6.45, 7) is 1.26. The second kappa shape index (κ2) is 4.46. The Morgan fingerprint density at radius 2 is 2.12 bits per heavy atom. The van der Waals surface area contributed by atoms with Gasteiger partial charge in [-0.25, -0.2) is 13.2 Å². The largest absolute Gasteiger partial charge is 0.476 e. The van der Waals surface area contributed by atoms with Crippen molar-refractivity contribution in [3.05, 3.63) is 17.5 Å². The van der Waals surface area contributed by atoms with Gasteiger partial charge in [0.1, 0.15) is 0 Å². The molecule has 0 aromatic carbocycles. The molecular weight excluding hydrogens is 248 g/mol. The fourth-order valence-electron chi connectivity index (χ4n) is 1.62. The number of aromatic carboxylic acids is 1. The molecule has 1 aromatic heterocycles. The third-order valence-corrected chi connectivity index (χ3v) is 4.20. The van der Waals surface area contributed by atoms with Crippen molar-refractivity contribution < 1.29 is 22.8 Å². The smallest absolute Gasteiger partial charge is 0.358 e. The van der Waals surface area contributed by atoms with Crippen molar-refractivity contribution in [2.75, 3.05) is 24.6 Å². The van der Waals surface area contributed by atoms with E-state index in [0.717, 1.165) is 0 Å². The van der Waals surface area contributed by atoms with Crippen LogP contribution in [0.3, 0.4) is 0 Å². The van der Waals surface area contributed by atoms with Gasteiger partial charge in [-0.2, -0.15) is 0 Å². The number of nitrogens with zero attached hydrogens (tertiary/aromatic N) is 2. The molecule has 17 heavy (non-hydrogen) atoms. The standard InChI is InChI=1S/C9H12N2O5S/c12-9(13)8-5-7(16-10-8)6-11-1-3-17(14,15)4-2-11/h5H,1-4,6H2,(H,12,13). The monoisotopic (exact) mass is 260 g/mol. The summed E-state index contributed by atoms with van der Waals surface area (Å²) in [5, 5.41) is 12.0. The number of carbonyl (C=O) groups is 1. The van der Waals surface area contributed by atoms with Gasteiger partial charge in [-0.05, 0) is 0 Å². The molecule has 2 rings (SSSR count). The molecule has 1 aromatic rings. The van der Waals surface area contributed by atoms with Crippen LogP contribution in [0.5, 0.6) is 0 Å². The van der Waals surface area contributed by atoms with Crippen LogP contribution in [0.15, 0.2) is 10.6 Å². The Labute approximate surface area is 97.9 Å². The molecule has 1 aliphatic rings. The van der Waals surface area contributed by atoms with E-state index in [0.29, 0.717) is 25.4 Å². The average Bonchev–Trinajstić information content (AvgIpc) is 2.70. The molecule has 1 N–H and O–H groups in total. The van der Waals surface area contributed by atoms with Crippen LogP contribution in [-0.2, 0) is 16.4 Å². The van der Waals surface area contributed by atoms with E-state index in [1.54, 1.807) is 0 Å². The molecule has 0 amide bonds. The summed E-state index contributed by atoms with van der Waals surface area (Å²) >= 11 is 0. The van der Waals surface area contributed by atoms with Gasteiger partial charge >= 0.3 is 5.97 Å². The average molecular weight is 260 g/mol. The van der Waals surface area contributed by atoms with Crippen LogP contribution in [0.1, 0.15) is 16.2 Å². The van der Waals surface area contributed by atoms with Crippen LogP contribution in [0.4, 0.5) is 0 Å². The number of aromatic nitrogens is 1. The summed E-state index contributed by atoms with van der Waals surface area (Å²) in [6, 6.07) is 1.35. The lowest BCUT2D eigenvalue weighted by molar-refractivity contribution is 0.0685. The summed E-state index contributed by atoms with van der Waals surface area (Å²) < 4.78 is 27.3. The van der Waals surface area contributed by atoms with Crippen molar-refractivity contribution in [1.82, 2.24) is 10.1 Å². The highest BCUT2D eigenvalue weighted by Gasteiger charge is 2.22. The van der Waals surface area contributed by atoms with Gasteiger partial charge in [0.25, 0.3) is 0 Å². The SMILES string of the molecule is O=C(O)c1cc(CN2CCS(=O)(=O)CC2)on1. The topological polar surface area (TPSA) is 101 Å². The molecule has 8 heteroatoms. The van der Waals surface area contributed by atoms with Crippen LogP contribution in [0.25, 0.3) is 0 Å². The number of hydrogen-bond acceptors (Lipinski definition) is 6. The Bertz CT molecular complexity index is 507. The first-order valence-corrected chi connectivity index (χ1v) is 6.90. The molecule has 0 bridgehead atoms. The first-order chi connectivity index (χ1) is 7.96. The Morgan fingerprint density at radius 3 is 2.65 bits per heavy atom. The van der Waals surface area contributed by atoms with Crippen molar-refractivity contribution in [2.45, 2.75) is 6.54 Å². The minimum atomic E-state index is -2.90. The molecule has 0 saturated carbocycles. The van der Waals surface area contributed by atoms with E-state index in [1.807, 2.05) is 4.90 Å². The first kappa shape index (κ1) is 12.1. The summed E-state index contributed by atoms with van der Waals surface area (Å²) in [6.07, 6.45) is 0. The van der Waals surface area contributed by atoms with E-state index in [9.17, 15) is 13.2 Å². The van der Waals surface area contributed by atoms with Gasteiger partial charge in [-0.3, -0.25) is 4.90 Å². The maximum absolute atomic E-state index is 11.2. The first-order valence-electron chi connectivity index (χ1n) is 5.08. The molecule has 0 radical (unpaired) electrons. The number of carboxylic acid groups (broad SMARTS) is 1. The van der Waals surface area contributed by atoms with Gasteiger partial charge in [-0.15, -0.1) is 0 Å². The highest BCUT2D eigenvalue weighted by Crippen LogP contribution is 2.11. The Morgan fingerprint density at radius 1 is 1.47 bits per heavy atom. The number of sulfone groups is 1. The second-order valence-electron chi connectivity index (χ2n) is 3.91. The quantitative estimate of drug-likeness (QED) is 0.789. The number of rotatable bonds is 3. The molecular formula is C9H12N2O5S.